The van der Waals surface area contributed by atoms with Gasteiger partial charge in [0.05, 0.1) is 6.20 Å². The zero-order chi connectivity index (χ0) is 7.84. The molecule has 2 rings (SSSR count). The number of aromatic amines is 1. The molecule has 0 unspecified atom stereocenters. The van der Waals surface area contributed by atoms with E-state index in [-0.39, 0.29) is 5.82 Å². The van der Waals surface area contributed by atoms with Crippen LogP contribution in [0.25, 0.3) is 11.0 Å². The molecule has 0 radical (unpaired) electrons. The van der Waals surface area contributed by atoms with Gasteiger partial charge in [-0.25, -0.2) is 9.37 Å². The van der Waals surface area contributed by atoms with Gasteiger partial charge in [0, 0.05) is 15.2 Å². The summed E-state index contributed by atoms with van der Waals surface area (Å²) >= 11 is 2.13. The van der Waals surface area contributed by atoms with E-state index in [9.17, 15) is 4.39 Å². The minimum Gasteiger partial charge on any atom is -0.345 e. The molecule has 2 aromatic heterocycles. The fraction of sp³-hybridized carbons (Fsp3) is 0. The monoisotopic (exact) mass is 262 g/mol. The van der Waals surface area contributed by atoms with Crippen LogP contribution in [0.5, 0.6) is 0 Å². The molecule has 2 nitrogen and oxygen atoms in total. The Labute approximate surface area is 76.0 Å². The van der Waals surface area contributed by atoms with Gasteiger partial charge in [0.2, 0.25) is 0 Å². The van der Waals surface area contributed by atoms with E-state index < -0.39 is 0 Å². The fourth-order valence-corrected chi connectivity index (χ4v) is 1.51. The van der Waals surface area contributed by atoms with Gasteiger partial charge in [-0.1, -0.05) is 0 Å². The van der Waals surface area contributed by atoms with E-state index >= 15 is 0 Å². The van der Waals surface area contributed by atoms with Gasteiger partial charge in [-0.3, -0.25) is 0 Å². The molecule has 4 heteroatoms. The second-order valence-corrected chi connectivity index (χ2v) is 3.35. The van der Waals surface area contributed by atoms with Gasteiger partial charge in [0.15, 0.2) is 0 Å². The summed E-state index contributed by atoms with van der Waals surface area (Å²) in [5.74, 6) is -0.296. The Hall–Kier alpha value is -0.650. The molecule has 0 aliphatic carbocycles. The molecule has 0 fully saturated rings. The number of hydrogen-bond acceptors (Lipinski definition) is 1. The van der Waals surface area contributed by atoms with Gasteiger partial charge in [-0.15, -0.1) is 0 Å². The van der Waals surface area contributed by atoms with Gasteiger partial charge < -0.3 is 4.98 Å². The zero-order valence-electron chi connectivity index (χ0n) is 5.44. The average molecular weight is 262 g/mol. The molecule has 0 bridgehead atoms. The fourth-order valence-electron chi connectivity index (χ4n) is 0.946. The second-order valence-electron chi connectivity index (χ2n) is 2.19. The summed E-state index contributed by atoms with van der Waals surface area (Å²) in [5.41, 5.74) is 0.732. The lowest BCUT2D eigenvalue weighted by atomic mass is 10.3. The summed E-state index contributed by atoms with van der Waals surface area (Å²) < 4.78 is 13.6. The average Bonchev–Trinajstić information content (AvgIpc) is 2.33. The lowest BCUT2D eigenvalue weighted by Gasteiger charge is -1.88. The predicted octanol–water partition coefficient (Wildman–Crippen LogP) is 2.31. The van der Waals surface area contributed by atoms with Crippen molar-refractivity contribution in [1.82, 2.24) is 9.97 Å². The first-order chi connectivity index (χ1) is 5.27. The number of aromatic nitrogens is 2. The number of pyridine rings is 1. The largest absolute Gasteiger partial charge is 0.345 e. The van der Waals surface area contributed by atoms with Crippen molar-refractivity contribution in [3.8, 4) is 0 Å². The minimum absolute atomic E-state index is 0.296. The van der Waals surface area contributed by atoms with E-state index in [1.54, 1.807) is 6.20 Å². The minimum atomic E-state index is -0.296. The van der Waals surface area contributed by atoms with Crippen molar-refractivity contribution >= 4 is 33.6 Å². The molecule has 56 valence electrons. The van der Waals surface area contributed by atoms with E-state index in [1.165, 1.54) is 12.3 Å². The van der Waals surface area contributed by atoms with Crippen molar-refractivity contribution in [2.24, 2.45) is 0 Å². The van der Waals surface area contributed by atoms with E-state index in [0.717, 1.165) is 14.6 Å². The second kappa shape index (κ2) is 2.44. The quantitative estimate of drug-likeness (QED) is 0.725. The maximum atomic E-state index is 12.6. The van der Waals surface area contributed by atoms with Gasteiger partial charge in [-0.2, -0.15) is 0 Å². The van der Waals surface area contributed by atoms with Crippen LogP contribution in [0.2, 0.25) is 0 Å². The number of H-pyrrole nitrogens is 1. The normalized spacial score (nSPS) is 10.7. The third-order valence-electron chi connectivity index (χ3n) is 1.45. The lowest BCUT2D eigenvalue weighted by molar-refractivity contribution is 0.624. The third-order valence-corrected chi connectivity index (χ3v) is 2.34. The highest BCUT2D eigenvalue weighted by atomic mass is 127. The summed E-state index contributed by atoms with van der Waals surface area (Å²) in [6.07, 6.45) is 3.01. The summed E-state index contributed by atoms with van der Waals surface area (Å²) in [4.78, 5) is 6.80. The Morgan fingerprint density at radius 3 is 3.18 bits per heavy atom. The van der Waals surface area contributed by atoms with Crippen LogP contribution in [-0.2, 0) is 0 Å². The maximum Gasteiger partial charge on any atom is 0.142 e. The Morgan fingerprint density at radius 2 is 2.36 bits per heavy atom. The van der Waals surface area contributed by atoms with Crippen LogP contribution in [0.15, 0.2) is 18.5 Å². The highest BCUT2D eigenvalue weighted by Crippen LogP contribution is 2.18. The molecule has 2 aromatic rings. The molecular formula is C7H4FIN2. The van der Waals surface area contributed by atoms with Gasteiger partial charge in [-0.05, 0) is 28.7 Å². The van der Waals surface area contributed by atoms with Crippen molar-refractivity contribution in [3.05, 3.63) is 27.8 Å². The van der Waals surface area contributed by atoms with Crippen LogP contribution in [0.3, 0.4) is 0 Å². The molecule has 0 aromatic carbocycles. The Morgan fingerprint density at radius 1 is 1.55 bits per heavy atom. The van der Waals surface area contributed by atoms with Gasteiger partial charge >= 0.3 is 0 Å². The molecule has 1 N–H and O–H groups in total. The van der Waals surface area contributed by atoms with Crippen LogP contribution in [0, 0.1) is 9.39 Å². The highest BCUT2D eigenvalue weighted by molar-refractivity contribution is 14.1. The molecule has 0 saturated carbocycles. The van der Waals surface area contributed by atoms with Crippen LogP contribution in [0.1, 0.15) is 0 Å². The number of halogens is 2. The molecule has 0 aliphatic heterocycles. The first-order valence-electron chi connectivity index (χ1n) is 3.05. The van der Waals surface area contributed by atoms with Gasteiger partial charge in [0.25, 0.3) is 0 Å². The van der Waals surface area contributed by atoms with E-state index in [0.29, 0.717) is 0 Å². The lowest BCUT2D eigenvalue weighted by Crippen LogP contribution is -1.78. The molecule has 11 heavy (non-hydrogen) atoms. The summed E-state index contributed by atoms with van der Waals surface area (Å²) in [5, 5.41) is 0.839. The van der Waals surface area contributed by atoms with Crippen LogP contribution >= 0.6 is 22.6 Å². The summed E-state index contributed by atoms with van der Waals surface area (Å²) in [6, 6.07) is 1.47. The topological polar surface area (TPSA) is 28.7 Å². The van der Waals surface area contributed by atoms with Gasteiger partial charge in [0.1, 0.15) is 11.5 Å². The molecule has 0 saturated heterocycles. The zero-order valence-corrected chi connectivity index (χ0v) is 7.59. The molecule has 0 atom stereocenters. The van der Waals surface area contributed by atoms with Crippen LogP contribution in [0.4, 0.5) is 4.39 Å². The molecule has 0 aliphatic rings. The SMILES string of the molecule is Fc1cnc2[nH]cc(I)c2c1. The van der Waals surface area contributed by atoms with E-state index in [2.05, 4.69) is 32.6 Å². The third kappa shape index (κ3) is 1.11. The maximum absolute atomic E-state index is 12.6. The molecule has 0 spiro atoms. The van der Waals surface area contributed by atoms with E-state index in [1.807, 2.05) is 0 Å². The summed E-state index contributed by atoms with van der Waals surface area (Å²) in [7, 11) is 0. The first kappa shape index (κ1) is 7.02. The standard InChI is InChI=1S/C7H4FIN2/c8-4-1-5-6(9)3-11-7(5)10-2-4/h1-3H,(H,10,11). The number of nitrogens with one attached hydrogen (secondary N) is 1. The number of fused-ring (bicyclic) bond motifs is 1. The van der Waals surface area contributed by atoms with Crippen LogP contribution < -0.4 is 0 Å². The van der Waals surface area contributed by atoms with Crippen molar-refractivity contribution in [2.45, 2.75) is 0 Å². The van der Waals surface area contributed by atoms with Crippen molar-refractivity contribution in [1.29, 1.82) is 0 Å². The molecular weight excluding hydrogens is 258 g/mol. The van der Waals surface area contributed by atoms with Crippen molar-refractivity contribution < 1.29 is 4.39 Å². The highest BCUT2D eigenvalue weighted by Gasteiger charge is 2.01. The Bertz CT molecular complexity index is 396. The van der Waals surface area contributed by atoms with Crippen LogP contribution in [-0.4, -0.2) is 9.97 Å². The Balaban J connectivity index is 2.87. The van der Waals surface area contributed by atoms with Crippen molar-refractivity contribution in [2.75, 3.05) is 0 Å². The predicted molar refractivity (Wildman–Crippen MR) is 48.8 cm³/mol. The Kier molecular flexibility index (Phi) is 1.56. The van der Waals surface area contributed by atoms with Crippen molar-refractivity contribution in [3.63, 3.8) is 0 Å². The van der Waals surface area contributed by atoms with E-state index in [4.69, 9.17) is 0 Å². The number of nitrogens with zero attached hydrogens (tertiary/aromatic N) is 1. The smallest absolute Gasteiger partial charge is 0.142 e. The number of rotatable bonds is 0. The number of hydrogen-bond donors (Lipinski definition) is 1. The summed E-state index contributed by atoms with van der Waals surface area (Å²) in [6.45, 7) is 0. The first-order valence-corrected chi connectivity index (χ1v) is 4.13. The molecule has 2 heterocycles. The molecule has 0 amide bonds.